The van der Waals surface area contributed by atoms with Gasteiger partial charge in [0.1, 0.15) is 5.82 Å². The Labute approximate surface area is 473 Å². The second kappa shape index (κ2) is 20.2. The normalized spacial score (nSPS) is 10.6. The minimum Gasteiger partial charge on any atom is -0.308 e. The molecule has 0 aliphatic rings. The van der Waals surface area contributed by atoms with Crippen LogP contribution in [0.3, 0.4) is 0 Å². The van der Waals surface area contributed by atoms with Crippen molar-refractivity contribution in [1.82, 2.24) is 9.13 Å². The SMILES string of the molecule is [C-]#[N+]c1cc(C#N)cc(-c2ccc3c4ccc(-c5cc(C#N)cc([N+]#[C-])c5)cc4n(-c4cc(C#N)cc(-n5c6cc(-c7cc(C#N)cc([N+]#[C-])c7)ccc6c6ccc(-c7cc([N+]#[C-])cc([N+]#[C-])c7)cc65)c4-c4ccc(C#N)cc4F)c3c2)c1. The smallest absolute Gasteiger partial charge is 0.189 e. The van der Waals surface area contributed by atoms with Crippen molar-refractivity contribution in [2.45, 2.75) is 0 Å². The highest BCUT2D eigenvalue weighted by Gasteiger charge is 2.27. The number of benzene rings is 10. The molecule has 0 aliphatic heterocycles. The van der Waals surface area contributed by atoms with E-state index >= 15 is 4.39 Å². The van der Waals surface area contributed by atoms with Crippen molar-refractivity contribution in [2.75, 3.05) is 0 Å². The molecule has 0 N–H and O–H groups in total. The van der Waals surface area contributed by atoms with E-state index in [2.05, 4.69) is 54.6 Å². The molecule has 0 saturated heterocycles. The molecular formula is C70H29FN12. The molecule has 0 radical (unpaired) electrons. The molecule has 0 bridgehead atoms. The summed E-state index contributed by atoms with van der Waals surface area (Å²) in [6, 6.07) is 60.9. The Morgan fingerprint density at radius 1 is 0.301 bits per heavy atom. The number of fused-ring (bicyclic) bond motifs is 6. The van der Waals surface area contributed by atoms with Gasteiger partial charge in [0, 0.05) is 49.4 Å². The van der Waals surface area contributed by atoms with Gasteiger partial charge in [0.05, 0.1) is 108 Å². The number of halogens is 1. The minimum atomic E-state index is -0.761. The van der Waals surface area contributed by atoms with Crippen molar-refractivity contribution in [3.63, 3.8) is 0 Å². The Morgan fingerprint density at radius 3 is 0.904 bits per heavy atom. The first-order valence-electron chi connectivity index (χ1n) is 25.2. The summed E-state index contributed by atoms with van der Waals surface area (Å²) in [6.45, 7) is 39.4. The fourth-order valence-corrected chi connectivity index (χ4v) is 11.0. The Hall–Kier alpha value is -13.4. The molecule has 10 aromatic carbocycles. The predicted molar refractivity (Wildman–Crippen MR) is 317 cm³/mol. The fourth-order valence-electron chi connectivity index (χ4n) is 11.0. The van der Waals surface area contributed by atoms with Crippen molar-refractivity contribution >= 4 is 72.0 Å². The van der Waals surface area contributed by atoms with Crippen molar-refractivity contribution in [3.05, 3.63) is 267 Å². The van der Waals surface area contributed by atoms with E-state index in [9.17, 15) is 26.3 Å². The average molecular weight is 1060 g/mol. The molecule has 12 aromatic rings. The maximum atomic E-state index is 17.7. The molecule has 2 heterocycles. The van der Waals surface area contributed by atoms with E-state index in [1.165, 1.54) is 36.4 Å². The van der Waals surface area contributed by atoms with Crippen LogP contribution in [0, 0.1) is 95.3 Å². The Bertz CT molecular complexity index is 4680. The van der Waals surface area contributed by atoms with E-state index < -0.39 is 5.82 Å². The van der Waals surface area contributed by atoms with Gasteiger partial charge in [0.2, 0.25) is 0 Å². The van der Waals surface area contributed by atoms with Gasteiger partial charge < -0.3 is 9.13 Å². The van der Waals surface area contributed by atoms with Gasteiger partial charge in [-0.05, 0) is 154 Å². The molecule has 0 amide bonds. The maximum absolute atomic E-state index is 17.7. The molecule has 0 aliphatic carbocycles. The van der Waals surface area contributed by atoms with E-state index in [0.717, 1.165) is 27.6 Å². The summed E-state index contributed by atoms with van der Waals surface area (Å²) < 4.78 is 21.5. The monoisotopic (exact) mass is 1060 g/mol. The zero-order valence-electron chi connectivity index (χ0n) is 43.0. The summed E-state index contributed by atoms with van der Waals surface area (Å²) in [4.78, 5) is 18.3. The van der Waals surface area contributed by atoms with Crippen LogP contribution < -0.4 is 0 Å². The third kappa shape index (κ3) is 8.65. The molecule has 376 valence electrons. The van der Waals surface area contributed by atoms with Gasteiger partial charge in [-0.3, -0.25) is 0 Å². The number of aromatic nitrogens is 2. The zero-order chi connectivity index (χ0) is 57.6. The lowest BCUT2D eigenvalue weighted by molar-refractivity contribution is 0.630. The molecule has 0 unspecified atom stereocenters. The van der Waals surface area contributed by atoms with Gasteiger partial charge in [-0.15, -0.1) is 0 Å². The van der Waals surface area contributed by atoms with Crippen molar-refractivity contribution < 1.29 is 4.39 Å². The second-order valence-corrected chi connectivity index (χ2v) is 19.3. The largest absolute Gasteiger partial charge is 0.308 e. The van der Waals surface area contributed by atoms with Crippen LogP contribution in [0.25, 0.3) is 135 Å². The lowest BCUT2D eigenvalue weighted by atomic mass is 9.96. The van der Waals surface area contributed by atoms with Crippen LogP contribution in [-0.2, 0) is 0 Å². The molecule has 83 heavy (non-hydrogen) atoms. The van der Waals surface area contributed by atoms with E-state index in [1.807, 2.05) is 81.9 Å². The zero-order valence-corrected chi connectivity index (χ0v) is 43.0. The summed E-state index contributed by atoms with van der Waals surface area (Å²) in [5.74, 6) is -0.761. The van der Waals surface area contributed by atoms with Gasteiger partial charge in [-0.1, -0.05) is 66.7 Å². The molecule has 0 atom stereocenters. The maximum Gasteiger partial charge on any atom is 0.189 e. The van der Waals surface area contributed by atoms with Crippen molar-refractivity contribution in [1.29, 1.82) is 26.3 Å². The number of nitriles is 5. The molecule has 2 aromatic heterocycles. The van der Waals surface area contributed by atoms with Gasteiger partial charge in [0.25, 0.3) is 0 Å². The topological polar surface area (TPSA) is 151 Å². The van der Waals surface area contributed by atoms with E-state index in [0.29, 0.717) is 77.9 Å². The van der Waals surface area contributed by atoms with Crippen molar-refractivity contribution in [2.24, 2.45) is 0 Å². The molecule has 0 saturated carbocycles. The van der Waals surface area contributed by atoms with Crippen LogP contribution in [0.15, 0.2) is 176 Å². The fraction of sp³-hybridized carbons (Fsp3) is 0. The summed E-state index contributed by atoms with van der Waals surface area (Å²) in [6.07, 6.45) is 0. The lowest BCUT2D eigenvalue weighted by Gasteiger charge is -2.22. The van der Waals surface area contributed by atoms with Crippen LogP contribution in [0.2, 0.25) is 0 Å². The van der Waals surface area contributed by atoms with Crippen LogP contribution in [-0.4, -0.2) is 9.13 Å². The van der Waals surface area contributed by atoms with E-state index in [1.54, 1.807) is 60.7 Å². The minimum absolute atomic E-state index is 0.0461. The number of rotatable bonds is 7. The highest BCUT2D eigenvalue weighted by molar-refractivity contribution is 6.14. The molecule has 0 fully saturated rings. The molecular weight excluding hydrogens is 1030 g/mol. The van der Waals surface area contributed by atoms with Crippen LogP contribution >= 0.6 is 0 Å². The standard InChI is InChI=1S/C70H29FN12/c1-77-53-19-41(36-73)16-49(25-53)45-7-12-58-59-13-8-46(50-17-42(37-74)20-54(26-50)78-2)31-65(59)82(64(58)30-45)68-23-44(39-76)24-69(70(68)62-11-6-40(35-72)22-63(62)71)83-66-32-47(51-18-43(38-75)21-55(27-51)79-3)9-14-60(66)61-15-10-48(33-67(61)83)52-28-56(80-4)34-57(29-52)81-5/h6-34H. The summed E-state index contributed by atoms with van der Waals surface area (Å²) in [5.41, 5.74) is 10.3. The van der Waals surface area contributed by atoms with E-state index in [-0.39, 0.29) is 67.4 Å². The summed E-state index contributed by atoms with van der Waals surface area (Å²) in [5, 5.41) is 54.6. The number of hydrogen-bond donors (Lipinski definition) is 0. The lowest BCUT2D eigenvalue weighted by Crippen LogP contribution is -2.06. The highest BCUT2D eigenvalue weighted by Crippen LogP contribution is 2.47. The third-order valence-corrected chi connectivity index (χ3v) is 14.6. The predicted octanol–water partition coefficient (Wildman–Crippen LogP) is 18.5. The quantitative estimate of drug-likeness (QED) is 0.146. The van der Waals surface area contributed by atoms with Crippen LogP contribution in [0.4, 0.5) is 32.8 Å². The Morgan fingerprint density at radius 2 is 0.602 bits per heavy atom. The molecule has 12 nitrogen and oxygen atoms in total. The summed E-state index contributed by atoms with van der Waals surface area (Å²) >= 11 is 0. The summed E-state index contributed by atoms with van der Waals surface area (Å²) in [7, 11) is 0. The number of hydrogen-bond acceptors (Lipinski definition) is 5. The first kappa shape index (κ1) is 50.4. The first-order chi connectivity index (χ1) is 40.5. The highest BCUT2D eigenvalue weighted by atomic mass is 19.1. The van der Waals surface area contributed by atoms with E-state index in [4.69, 9.17) is 32.9 Å². The second-order valence-electron chi connectivity index (χ2n) is 19.3. The van der Waals surface area contributed by atoms with Crippen LogP contribution in [0.1, 0.15) is 27.8 Å². The van der Waals surface area contributed by atoms with Gasteiger partial charge >= 0.3 is 0 Å². The molecule has 12 rings (SSSR count). The van der Waals surface area contributed by atoms with Crippen LogP contribution in [0.5, 0.6) is 0 Å². The van der Waals surface area contributed by atoms with Gasteiger partial charge in [0.15, 0.2) is 28.4 Å². The third-order valence-electron chi connectivity index (χ3n) is 14.6. The first-order valence-corrected chi connectivity index (χ1v) is 25.2. The Balaban J connectivity index is 1.27. The molecule has 0 spiro atoms. The number of nitrogens with zero attached hydrogens (tertiary/aromatic N) is 12. The molecule has 13 heteroatoms. The Kier molecular flexibility index (Phi) is 12.3. The van der Waals surface area contributed by atoms with Crippen molar-refractivity contribution in [3.8, 4) is 97.4 Å². The van der Waals surface area contributed by atoms with Gasteiger partial charge in [-0.2, -0.15) is 26.3 Å². The van der Waals surface area contributed by atoms with Gasteiger partial charge in [-0.25, -0.2) is 28.6 Å². The average Bonchev–Trinajstić information content (AvgIpc) is 4.28.